The van der Waals surface area contributed by atoms with E-state index in [2.05, 4.69) is 13.5 Å². The van der Waals surface area contributed by atoms with Crippen molar-refractivity contribution in [3.8, 4) is 0 Å². The Balaban J connectivity index is 1.85. The Hall–Kier alpha value is -0.870. The maximum absolute atomic E-state index is 12.4. The van der Waals surface area contributed by atoms with Crippen molar-refractivity contribution in [2.45, 2.75) is 71.2 Å². The molecular formula is C17H28O4. The van der Waals surface area contributed by atoms with Gasteiger partial charge in [-0.15, -0.1) is 0 Å². The van der Waals surface area contributed by atoms with Gasteiger partial charge in [0, 0.05) is 12.8 Å². The van der Waals surface area contributed by atoms with Gasteiger partial charge in [-0.2, -0.15) is 0 Å². The van der Waals surface area contributed by atoms with Crippen molar-refractivity contribution in [2.75, 3.05) is 13.2 Å². The highest BCUT2D eigenvalue weighted by atomic mass is 16.8. The van der Waals surface area contributed by atoms with E-state index >= 15 is 0 Å². The summed E-state index contributed by atoms with van der Waals surface area (Å²) in [5.74, 6) is -0.592. The summed E-state index contributed by atoms with van der Waals surface area (Å²) in [6.45, 7) is 10.6. The molecule has 0 amide bonds. The fourth-order valence-electron chi connectivity index (χ4n) is 3.19. The van der Waals surface area contributed by atoms with Crippen LogP contribution in [0.5, 0.6) is 0 Å². The largest absolute Gasteiger partial charge is 0.462 e. The van der Waals surface area contributed by atoms with Gasteiger partial charge in [0.05, 0.1) is 12.0 Å². The van der Waals surface area contributed by atoms with Crippen molar-refractivity contribution >= 4 is 5.97 Å². The van der Waals surface area contributed by atoms with E-state index in [1.165, 1.54) is 0 Å². The van der Waals surface area contributed by atoms with Crippen LogP contribution < -0.4 is 0 Å². The maximum Gasteiger partial charge on any atom is 0.315 e. The molecule has 4 nitrogen and oxygen atoms in total. The van der Waals surface area contributed by atoms with E-state index in [4.69, 9.17) is 14.2 Å². The summed E-state index contributed by atoms with van der Waals surface area (Å²) in [5.41, 5.74) is 0.254. The zero-order valence-electron chi connectivity index (χ0n) is 13.6. The van der Waals surface area contributed by atoms with Gasteiger partial charge in [-0.25, -0.2) is 0 Å². The Labute approximate surface area is 127 Å². The summed E-state index contributed by atoms with van der Waals surface area (Å²) in [6, 6.07) is 0. The average molecular weight is 296 g/mol. The fraction of sp³-hybridized carbons (Fsp3) is 0.824. The SMILES string of the molecule is C=C(C)C(C)(CCC)C(=O)OCC1COC2(CCCC2)O1. The zero-order chi connectivity index (χ0) is 15.5. The van der Waals surface area contributed by atoms with Gasteiger partial charge in [0.1, 0.15) is 12.7 Å². The Morgan fingerprint density at radius 1 is 1.43 bits per heavy atom. The quantitative estimate of drug-likeness (QED) is 0.555. The average Bonchev–Trinajstić information content (AvgIpc) is 3.06. The van der Waals surface area contributed by atoms with Crippen LogP contribution in [0.25, 0.3) is 0 Å². The lowest BCUT2D eigenvalue weighted by molar-refractivity contribution is -0.174. The Morgan fingerprint density at radius 3 is 2.67 bits per heavy atom. The molecule has 2 atom stereocenters. The van der Waals surface area contributed by atoms with E-state index in [1.54, 1.807) is 0 Å². The van der Waals surface area contributed by atoms with E-state index in [1.807, 2.05) is 13.8 Å². The van der Waals surface area contributed by atoms with Crippen LogP contribution >= 0.6 is 0 Å². The molecule has 2 aliphatic rings. The molecule has 2 rings (SSSR count). The van der Waals surface area contributed by atoms with Crippen LogP contribution in [0.15, 0.2) is 12.2 Å². The van der Waals surface area contributed by atoms with Crippen molar-refractivity contribution in [3.63, 3.8) is 0 Å². The second-order valence-corrected chi connectivity index (χ2v) is 6.63. The number of esters is 1. The van der Waals surface area contributed by atoms with Crippen LogP contribution in [0, 0.1) is 5.41 Å². The molecule has 1 aliphatic heterocycles. The Morgan fingerprint density at radius 2 is 2.10 bits per heavy atom. The van der Waals surface area contributed by atoms with E-state index in [-0.39, 0.29) is 18.7 Å². The van der Waals surface area contributed by atoms with Gasteiger partial charge >= 0.3 is 5.97 Å². The third kappa shape index (κ3) is 3.49. The molecule has 0 bridgehead atoms. The van der Waals surface area contributed by atoms with E-state index in [0.717, 1.165) is 44.1 Å². The molecule has 0 radical (unpaired) electrons. The van der Waals surface area contributed by atoms with E-state index < -0.39 is 11.2 Å². The first-order valence-electron chi connectivity index (χ1n) is 8.07. The molecule has 120 valence electrons. The molecule has 0 aromatic carbocycles. The van der Waals surface area contributed by atoms with Crippen LogP contribution in [-0.2, 0) is 19.0 Å². The molecule has 21 heavy (non-hydrogen) atoms. The minimum Gasteiger partial charge on any atom is -0.462 e. The number of ether oxygens (including phenoxy) is 3. The highest BCUT2D eigenvalue weighted by Crippen LogP contribution is 2.39. The lowest BCUT2D eigenvalue weighted by atomic mass is 9.80. The first kappa shape index (κ1) is 16.5. The number of hydrogen-bond acceptors (Lipinski definition) is 4. The lowest BCUT2D eigenvalue weighted by Gasteiger charge is -2.28. The lowest BCUT2D eigenvalue weighted by Crippen LogP contribution is -2.34. The molecule has 1 heterocycles. The summed E-state index contributed by atoms with van der Waals surface area (Å²) in [6.07, 6.45) is 5.75. The van der Waals surface area contributed by atoms with Gasteiger partial charge in [-0.05, 0) is 33.1 Å². The number of rotatable bonds is 6. The maximum atomic E-state index is 12.4. The van der Waals surface area contributed by atoms with Crippen LogP contribution in [0.2, 0.25) is 0 Å². The second kappa shape index (κ2) is 6.49. The topological polar surface area (TPSA) is 44.8 Å². The van der Waals surface area contributed by atoms with Crippen molar-refractivity contribution in [1.82, 2.24) is 0 Å². The highest BCUT2D eigenvalue weighted by molar-refractivity contribution is 5.79. The number of carbonyl (C=O) groups excluding carboxylic acids is 1. The van der Waals surface area contributed by atoms with Gasteiger partial charge in [-0.1, -0.05) is 25.5 Å². The van der Waals surface area contributed by atoms with Crippen LogP contribution in [0.3, 0.4) is 0 Å². The summed E-state index contributed by atoms with van der Waals surface area (Å²) >= 11 is 0. The summed E-state index contributed by atoms with van der Waals surface area (Å²) in [4.78, 5) is 12.4. The molecule has 2 fully saturated rings. The predicted octanol–water partition coefficient (Wildman–Crippen LogP) is 3.60. The first-order valence-corrected chi connectivity index (χ1v) is 8.07. The van der Waals surface area contributed by atoms with Crippen molar-refractivity contribution in [3.05, 3.63) is 12.2 Å². The third-order valence-electron chi connectivity index (χ3n) is 4.82. The Kier molecular flexibility index (Phi) is 5.10. The standard InChI is InChI=1S/C17H28O4/c1-5-8-16(4,13(2)3)15(18)19-11-14-12-20-17(21-14)9-6-7-10-17/h14H,2,5-12H2,1,3-4H3. The summed E-state index contributed by atoms with van der Waals surface area (Å²) in [7, 11) is 0. The number of carbonyl (C=O) groups is 1. The monoisotopic (exact) mass is 296 g/mol. The molecule has 4 heteroatoms. The zero-order valence-corrected chi connectivity index (χ0v) is 13.6. The molecule has 2 unspecified atom stereocenters. The molecule has 1 spiro atoms. The van der Waals surface area contributed by atoms with Crippen molar-refractivity contribution in [1.29, 1.82) is 0 Å². The highest BCUT2D eigenvalue weighted by Gasteiger charge is 2.44. The third-order valence-corrected chi connectivity index (χ3v) is 4.82. The van der Waals surface area contributed by atoms with Crippen molar-refractivity contribution < 1.29 is 19.0 Å². The van der Waals surface area contributed by atoms with Crippen LogP contribution in [0.4, 0.5) is 0 Å². The van der Waals surface area contributed by atoms with Gasteiger partial charge in [0.15, 0.2) is 5.79 Å². The second-order valence-electron chi connectivity index (χ2n) is 6.63. The van der Waals surface area contributed by atoms with Gasteiger partial charge in [0.2, 0.25) is 0 Å². The molecular weight excluding hydrogens is 268 g/mol. The van der Waals surface area contributed by atoms with E-state index in [9.17, 15) is 4.79 Å². The van der Waals surface area contributed by atoms with Crippen molar-refractivity contribution in [2.24, 2.45) is 5.41 Å². The molecule has 0 aromatic rings. The summed E-state index contributed by atoms with van der Waals surface area (Å²) < 4.78 is 17.3. The smallest absolute Gasteiger partial charge is 0.315 e. The Bertz CT molecular complexity index is 398. The molecule has 1 saturated heterocycles. The predicted molar refractivity (Wildman–Crippen MR) is 80.8 cm³/mol. The molecule has 0 aromatic heterocycles. The molecule has 0 N–H and O–H groups in total. The van der Waals surface area contributed by atoms with Gasteiger partial charge in [0.25, 0.3) is 0 Å². The minimum atomic E-state index is -0.598. The molecule has 1 aliphatic carbocycles. The van der Waals surface area contributed by atoms with E-state index in [0.29, 0.717) is 6.61 Å². The van der Waals surface area contributed by atoms with Gasteiger partial charge < -0.3 is 14.2 Å². The fourth-order valence-corrected chi connectivity index (χ4v) is 3.19. The normalized spacial score (nSPS) is 26.7. The van der Waals surface area contributed by atoms with Crippen LogP contribution in [0.1, 0.15) is 59.3 Å². The molecule has 1 saturated carbocycles. The number of hydrogen-bond donors (Lipinski definition) is 0. The first-order chi connectivity index (χ1) is 9.92. The van der Waals surface area contributed by atoms with Crippen LogP contribution in [-0.4, -0.2) is 31.1 Å². The van der Waals surface area contributed by atoms with Gasteiger partial charge in [-0.3, -0.25) is 4.79 Å². The summed E-state index contributed by atoms with van der Waals surface area (Å²) in [5, 5.41) is 0. The minimum absolute atomic E-state index is 0.136.